The van der Waals surface area contributed by atoms with Crippen LogP contribution in [-0.2, 0) is 9.53 Å². The van der Waals surface area contributed by atoms with Crippen molar-refractivity contribution in [2.75, 3.05) is 0 Å². The molecule has 0 spiro atoms. The summed E-state index contributed by atoms with van der Waals surface area (Å²) in [5, 5.41) is 0. The largest absolute Gasteiger partial charge is 0.426 e. The number of fused-ring (bicyclic) bond motifs is 2. The molecule has 3 aliphatic rings. The molecule has 1 aromatic carbocycles. The van der Waals surface area contributed by atoms with Crippen LogP contribution in [0.25, 0.3) is 0 Å². The highest BCUT2D eigenvalue weighted by Gasteiger charge is 2.50. The fourth-order valence-corrected chi connectivity index (χ4v) is 5.43. The zero-order valence-corrected chi connectivity index (χ0v) is 16.3. The van der Waals surface area contributed by atoms with Crippen molar-refractivity contribution >= 4 is 5.97 Å². The fourth-order valence-electron chi connectivity index (χ4n) is 5.43. The number of benzene rings is 1. The number of esters is 1. The minimum absolute atomic E-state index is 0.0305. The van der Waals surface area contributed by atoms with Gasteiger partial charge in [-0.2, -0.15) is 0 Å². The summed E-state index contributed by atoms with van der Waals surface area (Å²) in [7, 11) is 0. The third kappa shape index (κ3) is 3.69. The highest BCUT2D eigenvalue weighted by Crippen LogP contribution is 2.49. The SMILES string of the molecule is CCC(c1cccc(OC(=O)C2CCC3CC4OC4CC3C2)c1)C(C)C. The Labute approximate surface area is 157 Å². The van der Waals surface area contributed by atoms with Gasteiger partial charge in [-0.1, -0.05) is 32.9 Å². The molecule has 4 rings (SSSR count). The molecule has 0 N–H and O–H groups in total. The van der Waals surface area contributed by atoms with E-state index in [0.29, 0.717) is 35.7 Å². The number of hydrogen-bond acceptors (Lipinski definition) is 3. The van der Waals surface area contributed by atoms with Gasteiger partial charge in [-0.05, 0) is 79.9 Å². The number of carbonyl (C=O) groups is 1. The second-order valence-electron chi connectivity index (χ2n) is 8.97. The molecule has 1 aromatic rings. The Bertz CT molecular complexity index is 653. The number of hydrogen-bond donors (Lipinski definition) is 0. The van der Waals surface area contributed by atoms with Crippen molar-refractivity contribution < 1.29 is 14.3 Å². The van der Waals surface area contributed by atoms with E-state index in [2.05, 4.69) is 32.9 Å². The Morgan fingerprint density at radius 1 is 1.15 bits per heavy atom. The molecule has 1 saturated heterocycles. The monoisotopic (exact) mass is 356 g/mol. The highest BCUT2D eigenvalue weighted by molar-refractivity contribution is 5.75. The first-order valence-electron chi connectivity index (χ1n) is 10.5. The Morgan fingerprint density at radius 3 is 2.65 bits per heavy atom. The van der Waals surface area contributed by atoms with Crippen LogP contribution in [0.4, 0.5) is 0 Å². The fraction of sp³-hybridized carbons (Fsp3) is 0.696. The molecule has 3 nitrogen and oxygen atoms in total. The average Bonchev–Trinajstić information content (AvgIpc) is 3.38. The van der Waals surface area contributed by atoms with E-state index in [1.165, 1.54) is 12.0 Å². The van der Waals surface area contributed by atoms with Gasteiger partial charge in [0.15, 0.2) is 0 Å². The van der Waals surface area contributed by atoms with Crippen LogP contribution in [0.3, 0.4) is 0 Å². The van der Waals surface area contributed by atoms with Gasteiger partial charge in [-0.15, -0.1) is 0 Å². The van der Waals surface area contributed by atoms with E-state index in [-0.39, 0.29) is 11.9 Å². The molecule has 2 aliphatic carbocycles. The molecule has 3 heteroatoms. The summed E-state index contributed by atoms with van der Waals surface area (Å²) in [6, 6.07) is 8.17. The number of ether oxygens (including phenoxy) is 2. The van der Waals surface area contributed by atoms with E-state index in [1.54, 1.807) is 0 Å². The van der Waals surface area contributed by atoms with Gasteiger partial charge in [0.2, 0.25) is 0 Å². The zero-order valence-electron chi connectivity index (χ0n) is 16.3. The first-order chi connectivity index (χ1) is 12.5. The maximum atomic E-state index is 12.8. The lowest BCUT2D eigenvalue weighted by molar-refractivity contribution is -0.141. The molecule has 26 heavy (non-hydrogen) atoms. The molecule has 0 bridgehead atoms. The maximum absolute atomic E-state index is 12.8. The van der Waals surface area contributed by atoms with Crippen LogP contribution >= 0.6 is 0 Å². The third-order valence-corrected chi connectivity index (χ3v) is 6.98. The van der Waals surface area contributed by atoms with E-state index in [9.17, 15) is 4.79 Å². The van der Waals surface area contributed by atoms with E-state index >= 15 is 0 Å². The van der Waals surface area contributed by atoms with Crippen LogP contribution in [0.1, 0.15) is 70.8 Å². The van der Waals surface area contributed by atoms with Crippen LogP contribution in [0.2, 0.25) is 0 Å². The maximum Gasteiger partial charge on any atom is 0.314 e. The van der Waals surface area contributed by atoms with Crippen LogP contribution < -0.4 is 4.74 Å². The van der Waals surface area contributed by atoms with Gasteiger partial charge in [0.25, 0.3) is 0 Å². The Morgan fingerprint density at radius 2 is 1.92 bits per heavy atom. The lowest BCUT2D eigenvalue weighted by Crippen LogP contribution is -2.35. The Balaban J connectivity index is 1.38. The van der Waals surface area contributed by atoms with Gasteiger partial charge < -0.3 is 9.47 Å². The molecule has 1 aliphatic heterocycles. The van der Waals surface area contributed by atoms with Crippen molar-refractivity contribution in [1.29, 1.82) is 0 Å². The summed E-state index contributed by atoms with van der Waals surface area (Å²) in [5.41, 5.74) is 1.28. The lowest BCUT2D eigenvalue weighted by atomic mass is 9.67. The minimum Gasteiger partial charge on any atom is -0.426 e. The summed E-state index contributed by atoms with van der Waals surface area (Å²) in [5.74, 6) is 3.25. The minimum atomic E-state index is -0.0305. The molecule has 0 radical (unpaired) electrons. The first kappa shape index (κ1) is 18.0. The second-order valence-corrected chi connectivity index (χ2v) is 8.97. The predicted octanol–water partition coefficient (Wildman–Crippen LogP) is 5.34. The van der Waals surface area contributed by atoms with Crippen LogP contribution in [-0.4, -0.2) is 18.2 Å². The number of carbonyl (C=O) groups excluding carboxylic acids is 1. The molecular weight excluding hydrogens is 324 g/mol. The van der Waals surface area contributed by atoms with Crippen molar-refractivity contribution in [1.82, 2.24) is 0 Å². The van der Waals surface area contributed by atoms with E-state index in [1.807, 2.05) is 12.1 Å². The lowest BCUT2D eigenvalue weighted by Gasteiger charge is -2.36. The van der Waals surface area contributed by atoms with Crippen molar-refractivity contribution in [3.8, 4) is 5.75 Å². The van der Waals surface area contributed by atoms with Crippen molar-refractivity contribution in [2.45, 2.75) is 77.4 Å². The summed E-state index contributed by atoms with van der Waals surface area (Å²) < 4.78 is 11.5. The number of rotatable bonds is 5. The van der Waals surface area contributed by atoms with Gasteiger partial charge in [0.1, 0.15) is 5.75 Å². The average molecular weight is 357 g/mol. The molecule has 0 amide bonds. The molecular formula is C23H32O3. The van der Waals surface area contributed by atoms with Crippen LogP contribution in [0.5, 0.6) is 5.75 Å². The van der Waals surface area contributed by atoms with Gasteiger partial charge in [-0.3, -0.25) is 4.79 Å². The standard InChI is InChI=1S/C23H32O3/c1-4-20(14(2)3)16-6-5-7-19(11-16)25-23(24)17-9-8-15-12-21-22(26-21)13-18(15)10-17/h5-7,11,14-15,17-18,20-22H,4,8-10,12-13H2,1-3H3. The smallest absolute Gasteiger partial charge is 0.314 e. The van der Waals surface area contributed by atoms with Crippen LogP contribution in [0.15, 0.2) is 24.3 Å². The molecule has 2 saturated carbocycles. The van der Waals surface area contributed by atoms with Gasteiger partial charge in [0, 0.05) is 0 Å². The van der Waals surface area contributed by atoms with E-state index in [0.717, 1.165) is 38.0 Å². The van der Waals surface area contributed by atoms with Gasteiger partial charge in [-0.25, -0.2) is 0 Å². The van der Waals surface area contributed by atoms with Crippen molar-refractivity contribution in [3.63, 3.8) is 0 Å². The third-order valence-electron chi connectivity index (χ3n) is 6.98. The molecule has 142 valence electrons. The summed E-state index contributed by atoms with van der Waals surface area (Å²) >= 11 is 0. The quantitative estimate of drug-likeness (QED) is 0.406. The molecule has 1 heterocycles. The van der Waals surface area contributed by atoms with Crippen LogP contribution in [0, 0.1) is 23.7 Å². The van der Waals surface area contributed by atoms with E-state index in [4.69, 9.17) is 9.47 Å². The molecule has 3 fully saturated rings. The molecule has 6 atom stereocenters. The first-order valence-corrected chi connectivity index (χ1v) is 10.5. The molecule has 6 unspecified atom stereocenters. The summed E-state index contributed by atoms with van der Waals surface area (Å²) in [6.45, 7) is 6.73. The van der Waals surface area contributed by atoms with Gasteiger partial charge in [0.05, 0.1) is 18.1 Å². The second kappa shape index (κ2) is 7.34. The van der Waals surface area contributed by atoms with Crippen molar-refractivity contribution in [3.05, 3.63) is 29.8 Å². The summed E-state index contributed by atoms with van der Waals surface area (Å²) in [4.78, 5) is 12.8. The zero-order chi connectivity index (χ0) is 18.3. The Kier molecular flexibility index (Phi) is 5.09. The van der Waals surface area contributed by atoms with Gasteiger partial charge >= 0.3 is 5.97 Å². The normalized spacial score (nSPS) is 33.9. The summed E-state index contributed by atoms with van der Waals surface area (Å²) in [6.07, 6.45) is 7.61. The van der Waals surface area contributed by atoms with E-state index < -0.39 is 0 Å². The molecule has 0 aromatic heterocycles. The van der Waals surface area contributed by atoms with Crippen molar-refractivity contribution in [2.24, 2.45) is 23.7 Å². The Hall–Kier alpha value is -1.35. The number of epoxide rings is 1. The highest BCUT2D eigenvalue weighted by atomic mass is 16.6. The predicted molar refractivity (Wildman–Crippen MR) is 102 cm³/mol. The topological polar surface area (TPSA) is 38.8 Å².